The second kappa shape index (κ2) is 3.36. The molecule has 4 heteroatoms. The van der Waals surface area contributed by atoms with E-state index in [1.165, 1.54) is 0 Å². The first-order chi connectivity index (χ1) is 10.8. The maximum absolute atomic E-state index is 13.0. The number of benzene rings is 2. The Kier molecular flexibility index (Phi) is 1.72. The fourth-order valence-corrected chi connectivity index (χ4v) is 4.70. The zero-order valence-electron chi connectivity index (χ0n) is 11.8. The summed E-state index contributed by atoms with van der Waals surface area (Å²) in [6, 6.07) is 12.4. The summed E-state index contributed by atoms with van der Waals surface area (Å²) in [6.07, 6.45) is 4.97. The van der Waals surface area contributed by atoms with Crippen LogP contribution < -0.4 is 10.2 Å². The van der Waals surface area contributed by atoms with E-state index < -0.39 is 5.60 Å². The maximum Gasteiger partial charge on any atom is 0.235 e. The lowest BCUT2D eigenvalue weighted by molar-refractivity contribution is -0.121. The third-order valence-electron chi connectivity index (χ3n) is 5.60. The van der Waals surface area contributed by atoms with Crippen LogP contribution in [0.2, 0.25) is 0 Å². The van der Waals surface area contributed by atoms with Crippen LogP contribution in [0, 0.1) is 5.92 Å². The summed E-state index contributed by atoms with van der Waals surface area (Å²) < 4.78 is 6.20. The Balaban J connectivity index is 1.66. The van der Waals surface area contributed by atoms with Gasteiger partial charge < -0.3 is 10.1 Å². The third kappa shape index (κ3) is 1.04. The lowest BCUT2D eigenvalue weighted by atomic mass is 9.83. The lowest BCUT2D eigenvalue weighted by Crippen LogP contribution is -2.51. The first-order valence-electron chi connectivity index (χ1n) is 7.76. The van der Waals surface area contributed by atoms with Gasteiger partial charge in [-0.25, -0.2) is 0 Å². The van der Waals surface area contributed by atoms with Crippen LogP contribution in [0.15, 0.2) is 48.6 Å². The number of rotatable bonds is 0. The Morgan fingerprint density at radius 1 is 1.23 bits per heavy atom. The highest BCUT2D eigenvalue weighted by molar-refractivity contribution is 6.14. The molecule has 0 aromatic heterocycles. The molecule has 4 nitrogen and oxygen atoms in total. The molecule has 0 radical (unpaired) electrons. The fraction of sp³-hybridized carbons (Fsp3) is 0.278. The lowest BCUT2D eigenvalue weighted by Gasteiger charge is -2.38. The maximum atomic E-state index is 13.0. The van der Waals surface area contributed by atoms with Crippen molar-refractivity contribution in [2.45, 2.75) is 24.3 Å². The molecule has 0 saturated carbocycles. The normalized spacial score (nSPS) is 36.6. The van der Waals surface area contributed by atoms with Gasteiger partial charge in [0, 0.05) is 11.1 Å². The molecule has 1 amide bonds. The van der Waals surface area contributed by atoms with Gasteiger partial charge in [-0.2, -0.15) is 0 Å². The Hall–Kier alpha value is -2.33. The minimum atomic E-state index is -0.503. The predicted octanol–water partition coefficient (Wildman–Crippen LogP) is 2.65. The first kappa shape index (κ1) is 11.3. The molecule has 4 aliphatic rings. The predicted molar refractivity (Wildman–Crippen MR) is 83.7 cm³/mol. The number of hydrogen-bond donors (Lipinski definition) is 1. The molecule has 0 aliphatic carbocycles. The number of carbonyl (C=O) groups is 1. The van der Waals surface area contributed by atoms with Crippen LogP contribution in [0.5, 0.6) is 0 Å². The molecule has 2 aromatic carbocycles. The van der Waals surface area contributed by atoms with Crippen LogP contribution >= 0.6 is 0 Å². The second-order valence-electron chi connectivity index (χ2n) is 6.59. The van der Waals surface area contributed by atoms with Crippen molar-refractivity contribution >= 4 is 28.1 Å². The number of carbonyl (C=O) groups excluding carboxylic acids is 1. The van der Waals surface area contributed by atoms with Crippen molar-refractivity contribution in [2.24, 2.45) is 5.92 Å². The summed E-state index contributed by atoms with van der Waals surface area (Å²) >= 11 is 0. The summed E-state index contributed by atoms with van der Waals surface area (Å²) in [5, 5.41) is 5.86. The van der Waals surface area contributed by atoms with Gasteiger partial charge in [0.2, 0.25) is 5.91 Å². The summed E-state index contributed by atoms with van der Waals surface area (Å²) in [5.41, 5.74) is 1.59. The third-order valence-corrected chi connectivity index (χ3v) is 5.60. The number of amides is 1. The van der Waals surface area contributed by atoms with E-state index in [0.717, 1.165) is 28.6 Å². The van der Waals surface area contributed by atoms with Crippen LogP contribution in [-0.2, 0) is 9.53 Å². The van der Waals surface area contributed by atoms with Crippen molar-refractivity contribution in [3.63, 3.8) is 0 Å². The molecule has 2 aromatic rings. The van der Waals surface area contributed by atoms with Crippen molar-refractivity contribution in [3.05, 3.63) is 48.6 Å². The topological polar surface area (TPSA) is 41.6 Å². The first-order valence-corrected chi connectivity index (χ1v) is 7.76. The summed E-state index contributed by atoms with van der Waals surface area (Å²) in [7, 11) is 0. The molecule has 6 rings (SSSR count). The average Bonchev–Trinajstić information content (AvgIpc) is 3.19. The summed E-state index contributed by atoms with van der Waals surface area (Å²) in [6.45, 7) is 0. The number of anilines is 2. The van der Waals surface area contributed by atoms with Gasteiger partial charge in [0.25, 0.3) is 0 Å². The molecule has 2 bridgehead atoms. The average molecular weight is 290 g/mol. The van der Waals surface area contributed by atoms with E-state index in [1.54, 1.807) is 0 Å². The number of hydrogen-bond acceptors (Lipinski definition) is 3. The molecule has 22 heavy (non-hydrogen) atoms. The van der Waals surface area contributed by atoms with Gasteiger partial charge >= 0.3 is 0 Å². The van der Waals surface area contributed by atoms with Gasteiger partial charge in [0.05, 0.1) is 17.7 Å². The monoisotopic (exact) mass is 290 g/mol. The SMILES string of the molecule is O=C1[C@H]2C[C@@H]3C=C[C@]2(O3)[C@@H]2Nc3cccc4cccc(c34)N12. The van der Waals surface area contributed by atoms with Gasteiger partial charge in [0.1, 0.15) is 11.8 Å². The largest absolute Gasteiger partial charge is 0.362 e. The van der Waals surface area contributed by atoms with E-state index >= 15 is 0 Å². The number of nitrogens with one attached hydrogen (secondary N) is 1. The Morgan fingerprint density at radius 3 is 2.95 bits per heavy atom. The number of nitrogens with zero attached hydrogens (tertiary/aromatic N) is 1. The zero-order valence-corrected chi connectivity index (χ0v) is 11.8. The van der Waals surface area contributed by atoms with Gasteiger partial charge in [-0.15, -0.1) is 0 Å². The van der Waals surface area contributed by atoms with Crippen LogP contribution in [0.4, 0.5) is 11.4 Å². The molecule has 1 spiro atoms. The van der Waals surface area contributed by atoms with Crippen molar-refractivity contribution in [2.75, 3.05) is 10.2 Å². The molecule has 4 heterocycles. The van der Waals surface area contributed by atoms with Crippen molar-refractivity contribution < 1.29 is 9.53 Å². The Morgan fingerprint density at radius 2 is 2.09 bits per heavy atom. The van der Waals surface area contributed by atoms with E-state index in [9.17, 15) is 4.79 Å². The highest BCUT2D eigenvalue weighted by atomic mass is 16.5. The fourth-order valence-electron chi connectivity index (χ4n) is 4.70. The molecule has 1 N–H and O–H groups in total. The minimum Gasteiger partial charge on any atom is -0.362 e. The summed E-state index contributed by atoms with van der Waals surface area (Å²) in [4.78, 5) is 14.9. The van der Waals surface area contributed by atoms with E-state index in [4.69, 9.17) is 4.74 Å². The van der Waals surface area contributed by atoms with Crippen LogP contribution in [0.25, 0.3) is 10.8 Å². The van der Waals surface area contributed by atoms with E-state index in [2.05, 4.69) is 41.7 Å². The molecule has 4 aliphatic heterocycles. The van der Waals surface area contributed by atoms with Crippen LogP contribution in [0.1, 0.15) is 6.42 Å². The highest BCUT2D eigenvalue weighted by Crippen LogP contribution is 2.55. The number of ether oxygens (including phenoxy) is 1. The minimum absolute atomic E-state index is 0.0652. The molecular formula is C18H14N2O2. The molecule has 0 unspecified atom stereocenters. The van der Waals surface area contributed by atoms with Crippen molar-refractivity contribution in [3.8, 4) is 0 Å². The standard InChI is InChI=1S/C18H14N2O2/c21-16-12-9-11-7-8-18(12,22-11)17-19-13-5-1-3-10-4-2-6-14(15(10)13)20(16)17/h1-8,11-12,17,19H,9H2/t11-,12+,17+,18+/m0/s1. The Bertz CT molecular complexity index is 885. The summed E-state index contributed by atoms with van der Waals surface area (Å²) in [5.74, 6) is 0.121. The quantitative estimate of drug-likeness (QED) is 0.758. The van der Waals surface area contributed by atoms with Crippen LogP contribution in [0.3, 0.4) is 0 Å². The van der Waals surface area contributed by atoms with Gasteiger partial charge in [-0.05, 0) is 30.0 Å². The van der Waals surface area contributed by atoms with Gasteiger partial charge in [-0.3, -0.25) is 9.69 Å². The molecule has 4 atom stereocenters. The number of fused-ring (bicyclic) bond motifs is 3. The van der Waals surface area contributed by atoms with E-state index in [1.807, 2.05) is 17.0 Å². The van der Waals surface area contributed by atoms with Crippen molar-refractivity contribution in [1.82, 2.24) is 0 Å². The Labute approximate surface area is 127 Å². The van der Waals surface area contributed by atoms with Gasteiger partial charge in [0.15, 0.2) is 0 Å². The molecular weight excluding hydrogens is 276 g/mol. The molecule has 2 fully saturated rings. The van der Waals surface area contributed by atoms with Crippen LogP contribution in [-0.4, -0.2) is 23.8 Å². The van der Waals surface area contributed by atoms with Gasteiger partial charge in [-0.1, -0.05) is 30.3 Å². The smallest absolute Gasteiger partial charge is 0.235 e. The molecule has 108 valence electrons. The second-order valence-corrected chi connectivity index (χ2v) is 6.59. The molecule has 2 saturated heterocycles. The zero-order chi connectivity index (χ0) is 14.5. The van der Waals surface area contributed by atoms with E-state index in [0.29, 0.717) is 0 Å². The van der Waals surface area contributed by atoms with E-state index in [-0.39, 0.29) is 24.1 Å². The van der Waals surface area contributed by atoms with Crippen molar-refractivity contribution in [1.29, 1.82) is 0 Å². The highest BCUT2D eigenvalue weighted by Gasteiger charge is 2.67.